The molecule has 2 saturated heterocycles. The van der Waals surface area contributed by atoms with Gasteiger partial charge in [0.25, 0.3) is 0 Å². The van der Waals surface area contributed by atoms with Crippen molar-refractivity contribution in [1.29, 1.82) is 0 Å². The number of morpholine rings is 1. The second kappa shape index (κ2) is 6.86. The Morgan fingerprint density at radius 2 is 2.05 bits per heavy atom. The lowest BCUT2D eigenvalue weighted by Crippen LogP contribution is -2.50. The minimum absolute atomic E-state index is 0.0533. The molecule has 0 aromatic heterocycles. The summed E-state index contributed by atoms with van der Waals surface area (Å²) in [4.78, 5) is 25.0. The van der Waals surface area contributed by atoms with Gasteiger partial charge in [0.15, 0.2) is 0 Å². The Balaban J connectivity index is 1.90. The van der Waals surface area contributed by atoms with Gasteiger partial charge in [0.2, 0.25) is 5.91 Å². The van der Waals surface area contributed by atoms with Crippen LogP contribution in [0.3, 0.4) is 0 Å². The first-order valence-corrected chi connectivity index (χ1v) is 6.72. The first-order valence-electron chi connectivity index (χ1n) is 6.72. The normalized spacial score (nSPS) is 27.3. The number of esters is 1. The van der Waals surface area contributed by atoms with E-state index < -0.39 is 5.97 Å². The summed E-state index contributed by atoms with van der Waals surface area (Å²) in [6, 6.07) is 0.0533. The highest BCUT2D eigenvalue weighted by atomic mass is 16.5. The van der Waals surface area contributed by atoms with Crippen molar-refractivity contribution in [3.63, 3.8) is 0 Å². The highest BCUT2D eigenvalue weighted by Gasteiger charge is 2.31. The van der Waals surface area contributed by atoms with E-state index in [9.17, 15) is 9.59 Å². The SMILES string of the molecule is COC(=O)CC(=O)N1CCOCC1CC1CCOC1. The number of amides is 1. The maximum absolute atomic E-state index is 12.1. The van der Waals surface area contributed by atoms with Gasteiger partial charge in [-0.2, -0.15) is 0 Å². The zero-order chi connectivity index (χ0) is 13.7. The summed E-state index contributed by atoms with van der Waals surface area (Å²) in [6.07, 6.45) is 1.73. The predicted octanol–water partition coefficient (Wildman–Crippen LogP) is 0.204. The van der Waals surface area contributed by atoms with Crippen LogP contribution >= 0.6 is 0 Å². The van der Waals surface area contributed by atoms with Crippen LogP contribution in [-0.4, -0.2) is 62.9 Å². The van der Waals surface area contributed by atoms with Gasteiger partial charge in [-0.1, -0.05) is 0 Å². The Bertz CT molecular complexity index is 327. The van der Waals surface area contributed by atoms with Crippen molar-refractivity contribution >= 4 is 11.9 Å². The molecule has 19 heavy (non-hydrogen) atoms. The van der Waals surface area contributed by atoms with Gasteiger partial charge in [0.05, 0.1) is 26.4 Å². The van der Waals surface area contributed by atoms with Crippen LogP contribution in [0.15, 0.2) is 0 Å². The average Bonchev–Trinajstić information content (AvgIpc) is 2.92. The monoisotopic (exact) mass is 271 g/mol. The van der Waals surface area contributed by atoms with E-state index in [1.165, 1.54) is 7.11 Å². The Hall–Kier alpha value is -1.14. The lowest BCUT2D eigenvalue weighted by molar-refractivity contribution is -0.150. The molecule has 0 aromatic rings. The van der Waals surface area contributed by atoms with Crippen LogP contribution in [-0.2, 0) is 23.8 Å². The molecule has 2 fully saturated rings. The lowest BCUT2D eigenvalue weighted by atomic mass is 9.97. The van der Waals surface area contributed by atoms with E-state index >= 15 is 0 Å². The van der Waals surface area contributed by atoms with Crippen molar-refractivity contribution in [2.24, 2.45) is 5.92 Å². The highest BCUT2D eigenvalue weighted by Crippen LogP contribution is 2.23. The molecule has 0 saturated carbocycles. The summed E-state index contributed by atoms with van der Waals surface area (Å²) >= 11 is 0. The van der Waals surface area contributed by atoms with Crippen LogP contribution < -0.4 is 0 Å². The summed E-state index contributed by atoms with van der Waals surface area (Å²) in [5.41, 5.74) is 0. The predicted molar refractivity (Wildman–Crippen MR) is 66.5 cm³/mol. The molecule has 0 aliphatic carbocycles. The number of ether oxygens (including phenoxy) is 3. The molecule has 6 nitrogen and oxygen atoms in total. The van der Waals surface area contributed by atoms with Gasteiger partial charge < -0.3 is 19.1 Å². The number of hydrogen-bond acceptors (Lipinski definition) is 5. The molecule has 1 amide bonds. The second-order valence-corrected chi connectivity index (χ2v) is 5.03. The zero-order valence-electron chi connectivity index (χ0n) is 11.3. The second-order valence-electron chi connectivity index (χ2n) is 5.03. The third-order valence-electron chi connectivity index (χ3n) is 3.70. The van der Waals surface area contributed by atoms with E-state index in [1.54, 1.807) is 4.90 Å². The Morgan fingerprint density at radius 1 is 1.26 bits per heavy atom. The molecule has 0 radical (unpaired) electrons. The molecule has 0 N–H and O–H groups in total. The number of hydrogen-bond donors (Lipinski definition) is 0. The zero-order valence-corrected chi connectivity index (χ0v) is 11.3. The van der Waals surface area contributed by atoms with Gasteiger partial charge in [-0.3, -0.25) is 9.59 Å². The van der Waals surface area contributed by atoms with Crippen LogP contribution in [0.2, 0.25) is 0 Å². The van der Waals surface area contributed by atoms with Crippen LogP contribution in [0.5, 0.6) is 0 Å². The van der Waals surface area contributed by atoms with E-state index in [0.717, 1.165) is 26.1 Å². The van der Waals surface area contributed by atoms with Crippen molar-refractivity contribution < 1.29 is 23.8 Å². The summed E-state index contributed by atoms with van der Waals surface area (Å²) < 4.78 is 15.4. The third-order valence-corrected chi connectivity index (χ3v) is 3.70. The fraction of sp³-hybridized carbons (Fsp3) is 0.846. The molecule has 108 valence electrons. The Kier molecular flexibility index (Phi) is 5.15. The maximum atomic E-state index is 12.1. The standard InChI is InChI=1S/C13H21NO5/c1-17-13(16)7-12(15)14-3-5-19-9-11(14)6-10-2-4-18-8-10/h10-11H,2-9H2,1H3. The van der Waals surface area contributed by atoms with Crippen molar-refractivity contribution in [1.82, 2.24) is 4.90 Å². The van der Waals surface area contributed by atoms with Crippen molar-refractivity contribution in [2.75, 3.05) is 40.1 Å². The summed E-state index contributed by atoms with van der Waals surface area (Å²) in [5.74, 6) is -0.168. The smallest absolute Gasteiger partial charge is 0.315 e. The van der Waals surface area contributed by atoms with Crippen molar-refractivity contribution in [2.45, 2.75) is 25.3 Å². The molecular weight excluding hydrogens is 250 g/mol. The number of carbonyl (C=O) groups is 2. The van der Waals surface area contributed by atoms with Gasteiger partial charge in [-0.15, -0.1) is 0 Å². The van der Waals surface area contributed by atoms with Gasteiger partial charge in [0, 0.05) is 19.8 Å². The fourth-order valence-electron chi connectivity index (χ4n) is 2.63. The third kappa shape index (κ3) is 3.91. The van der Waals surface area contributed by atoms with Crippen molar-refractivity contribution in [3.05, 3.63) is 0 Å². The van der Waals surface area contributed by atoms with Gasteiger partial charge >= 0.3 is 5.97 Å². The van der Waals surface area contributed by atoms with E-state index in [1.807, 2.05) is 0 Å². The quantitative estimate of drug-likeness (QED) is 0.540. The van der Waals surface area contributed by atoms with E-state index in [4.69, 9.17) is 9.47 Å². The van der Waals surface area contributed by atoms with Crippen LogP contribution in [0.1, 0.15) is 19.3 Å². The molecule has 2 unspecified atom stereocenters. The number of methoxy groups -OCH3 is 1. The summed E-state index contributed by atoms with van der Waals surface area (Å²) in [6.45, 7) is 3.19. The lowest BCUT2D eigenvalue weighted by Gasteiger charge is -2.36. The average molecular weight is 271 g/mol. The highest BCUT2D eigenvalue weighted by molar-refractivity contribution is 5.94. The first-order chi connectivity index (χ1) is 9.20. The molecule has 2 heterocycles. The molecule has 0 aromatic carbocycles. The largest absolute Gasteiger partial charge is 0.469 e. The Morgan fingerprint density at radius 3 is 2.74 bits per heavy atom. The van der Waals surface area contributed by atoms with E-state index in [-0.39, 0.29) is 18.4 Å². The van der Waals surface area contributed by atoms with Crippen molar-refractivity contribution in [3.8, 4) is 0 Å². The number of carbonyl (C=O) groups excluding carboxylic acids is 2. The molecule has 2 rings (SSSR count). The van der Waals surface area contributed by atoms with Crippen LogP contribution in [0.25, 0.3) is 0 Å². The molecule has 6 heteroatoms. The fourth-order valence-corrected chi connectivity index (χ4v) is 2.63. The number of nitrogens with zero attached hydrogens (tertiary/aromatic N) is 1. The van der Waals surface area contributed by atoms with Crippen LogP contribution in [0, 0.1) is 5.92 Å². The summed E-state index contributed by atoms with van der Waals surface area (Å²) in [5, 5.41) is 0. The molecule has 0 spiro atoms. The molecule has 2 aliphatic rings. The number of rotatable bonds is 4. The minimum atomic E-state index is -0.487. The topological polar surface area (TPSA) is 65.1 Å². The molecule has 2 aliphatic heterocycles. The van der Waals surface area contributed by atoms with E-state index in [2.05, 4.69) is 4.74 Å². The molecule has 0 bridgehead atoms. The molecular formula is C13H21NO5. The van der Waals surface area contributed by atoms with Gasteiger partial charge in [0.1, 0.15) is 6.42 Å². The van der Waals surface area contributed by atoms with E-state index in [0.29, 0.717) is 25.7 Å². The summed E-state index contributed by atoms with van der Waals surface area (Å²) in [7, 11) is 1.29. The maximum Gasteiger partial charge on any atom is 0.315 e. The van der Waals surface area contributed by atoms with Gasteiger partial charge in [-0.25, -0.2) is 0 Å². The van der Waals surface area contributed by atoms with Crippen LogP contribution in [0.4, 0.5) is 0 Å². The van der Waals surface area contributed by atoms with Gasteiger partial charge in [-0.05, 0) is 18.8 Å². The Labute approximate surface area is 113 Å². The minimum Gasteiger partial charge on any atom is -0.469 e. The first kappa shape index (κ1) is 14.3. The molecule has 2 atom stereocenters.